The van der Waals surface area contributed by atoms with Crippen LogP contribution in [0.15, 0.2) is 12.1 Å². The van der Waals surface area contributed by atoms with Crippen LogP contribution in [0.3, 0.4) is 0 Å². The van der Waals surface area contributed by atoms with Crippen LogP contribution in [0.1, 0.15) is 29.7 Å². The van der Waals surface area contributed by atoms with Crippen LogP contribution in [0.25, 0.3) is 0 Å². The van der Waals surface area contributed by atoms with E-state index in [2.05, 4.69) is 38.2 Å². The molecule has 0 saturated carbocycles. The molecule has 0 bridgehead atoms. The predicted octanol–water partition coefficient (Wildman–Crippen LogP) is 2.34. The first-order valence-electron chi connectivity index (χ1n) is 5.08. The fourth-order valence-corrected chi connectivity index (χ4v) is 2.32. The van der Waals surface area contributed by atoms with Gasteiger partial charge in [0.1, 0.15) is 11.9 Å². The number of rotatable bonds is 1. The monoisotopic (exact) mass is 191 g/mol. The minimum atomic E-state index is 0.232. The molecule has 0 saturated heterocycles. The number of nitrogens with one attached hydrogen (secondary N) is 1. The van der Waals surface area contributed by atoms with Crippen LogP contribution in [0.4, 0.5) is 0 Å². The average molecular weight is 191 g/mol. The van der Waals surface area contributed by atoms with Gasteiger partial charge in [0, 0.05) is 5.56 Å². The molecule has 2 nitrogen and oxygen atoms in total. The van der Waals surface area contributed by atoms with E-state index >= 15 is 0 Å². The summed E-state index contributed by atoms with van der Waals surface area (Å²) in [6.07, 6.45) is 0.232. The van der Waals surface area contributed by atoms with Gasteiger partial charge in [0.15, 0.2) is 0 Å². The van der Waals surface area contributed by atoms with Gasteiger partial charge in [-0.3, -0.25) is 0 Å². The van der Waals surface area contributed by atoms with Gasteiger partial charge in [0.25, 0.3) is 0 Å². The molecule has 2 rings (SSSR count). The summed E-state index contributed by atoms with van der Waals surface area (Å²) in [6.45, 7) is 6.36. The van der Waals surface area contributed by atoms with Crippen LogP contribution in [0, 0.1) is 13.8 Å². The molecular formula is C12H17NO. The molecule has 0 aliphatic carbocycles. The second-order valence-corrected chi connectivity index (χ2v) is 4.08. The van der Waals surface area contributed by atoms with Gasteiger partial charge in [0.2, 0.25) is 0 Å². The molecule has 1 heterocycles. The first kappa shape index (κ1) is 9.53. The van der Waals surface area contributed by atoms with Gasteiger partial charge in [-0.2, -0.15) is 0 Å². The standard InChI is InChI=1S/C12H17NO/c1-7-5-8(2)11-10(6-7)14-9(3)12(11)13-4/h5-6,9,12-13H,1-4H3. The lowest BCUT2D eigenvalue weighted by atomic mass is 9.98. The molecule has 1 aromatic carbocycles. The van der Waals surface area contributed by atoms with Gasteiger partial charge in [-0.15, -0.1) is 0 Å². The van der Waals surface area contributed by atoms with E-state index in [1.165, 1.54) is 16.7 Å². The zero-order chi connectivity index (χ0) is 10.3. The van der Waals surface area contributed by atoms with Crippen molar-refractivity contribution in [1.29, 1.82) is 0 Å². The van der Waals surface area contributed by atoms with E-state index in [0.717, 1.165) is 5.75 Å². The molecule has 0 spiro atoms. The molecule has 1 aliphatic heterocycles. The van der Waals surface area contributed by atoms with Crippen molar-refractivity contribution < 1.29 is 4.74 Å². The molecule has 0 amide bonds. The Balaban J connectivity index is 2.53. The second-order valence-electron chi connectivity index (χ2n) is 4.08. The van der Waals surface area contributed by atoms with Crippen LogP contribution in [-0.2, 0) is 0 Å². The number of likely N-dealkylation sites (N-methyl/N-ethyl adjacent to an activating group) is 1. The zero-order valence-corrected chi connectivity index (χ0v) is 9.22. The smallest absolute Gasteiger partial charge is 0.125 e. The van der Waals surface area contributed by atoms with Crippen LogP contribution in [0.2, 0.25) is 0 Å². The quantitative estimate of drug-likeness (QED) is 0.735. The third kappa shape index (κ3) is 1.30. The molecule has 1 aromatic rings. The summed E-state index contributed by atoms with van der Waals surface area (Å²) < 4.78 is 5.81. The summed E-state index contributed by atoms with van der Waals surface area (Å²) >= 11 is 0. The Hall–Kier alpha value is -1.02. The van der Waals surface area contributed by atoms with Crippen molar-refractivity contribution in [2.75, 3.05) is 7.05 Å². The Kier molecular flexibility index (Phi) is 2.23. The van der Waals surface area contributed by atoms with E-state index in [0.29, 0.717) is 6.04 Å². The van der Waals surface area contributed by atoms with Gasteiger partial charge >= 0.3 is 0 Å². The third-order valence-corrected chi connectivity index (χ3v) is 2.90. The van der Waals surface area contributed by atoms with Crippen molar-refractivity contribution in [3.05, 3.63) is 28.8 Å². The lowest BCUT2D eigenvalue weighted by Crippen LogP contribution is -2.25. The number of benzene rings is 1. The van der Waals surface area contributed by atoms with Gasteiger partial charge in [-0.1, -0.05) is 6.07 Å². The lowest BCUT2D eigenvalue weighted by Gasteiger charge is -2.14. The molecule has 1 aliphatic rings. The highest BCUT2D eigenvalue weighted by atomic mass is 16.5. The Bertz CT molecular complexity index is 360. The summed E-state index contributed by atoms with van der Waals surface area (Å²) in [5.41, 5.74) is 3.92. The molecule has 14 heavy (non-hydrogen) atoms. The van der Waals surface area contributed by atoms with E-state index in [-0.39, 0.29) is 6.10 Å². The molecule has 2 atom stereocenters. The fraction of sp³-hybridized carbons (Fsp3) is 0.500. The molecule has 0 fully saturated rings. The molecule has 0 aromatic heterocycles. The summed E-state index contributed by atoms with van der Waals surface area (Å²) in [5.74, 6) is 1.05. The number of aryl methyl sites for hydroxylation is 2. The van der Waals surface area contributed by atoms with E-state index in [1.54, 1.807) is 0 Å². The molecule has 2 heteroatoms. The largest absolute Gasteiger partial charge is 0.488 e. The number of ether oxygens (including phenoxy) is 1. The first-order chi connectivity index (χ1) is 6.63. The van der Waals surface area contributed by atoms with Crippen molar-refractivity contribution in [3.63, 3.8) is 0 Å². The molecule has 2 unspecified atom stereocenters. The van der Waals surface area contributed by atoms with Crippen LogP contribution in [0.5, 0.6) is 5.75 Å². The number of fused-ring (bicyclic) bond motifs is 1. The van der Waals surface area contributed by atoms with Crippen molar-refractivity contribution in [3.8, 4) is 5.75 Å². The molecule has 76 valence electrons. The van der Waals surface area contributed by atoms with Gasteiger partial charge in [0.05, 0.1) is 6.04 Å². The fourth-order valence-electron chi connectivity index (χ4n) is 2.32. The molecule has 1 N–H and O–H groups in total. The third-order valence-electron chi connectivity index (χ3n) is 2.90. The van der Waals surface area contributed by atoms with Crippen LogP contribution in [-0.4, -0.2) is 13.2 Å². The van der Waals surface area contributed by atoms with E-state index < -0.39 is 0 Å². The topological polar surface area (TPSA) is 21.3 Å². The minimum absolute atomic E-state index is 0.232. The maximum Gasteiger partial charge on any atom is 0.125 e. The summed E-state index contributed by atoms with van der Waals surface area (Å²) in [4.78, 5) is 0. The van der Waals surface area contributed by atoms with E-state index in [1.807, 2.05) is 7.05 Å². The van der Waals surface area contributed by atoms with Crippen molar-refractivity contribution >= 4 is 0 Å². The van der Waals surface area contributed by atoms with E-state index in [9.17, 15) is 0 Å². The van der Waals surface area contributed by atoms with E-state index in [4.69, 9.17) is 4.74 Å². The Morgan fingerprint density at radius 1 is 1.29 bits per heavy atom. The highest BCUT2D eigenvalue weighted by molar-refractivity contribution is 5.48. The highest BCUT2D eigenvalue weighted by Gasteiger charge is 2.31. The molecular weight excluding hydrogens is 174 g/mol. The Labute approximate surface area is 85.3 Å². The average Bonchev–Trinajstić information content (AvgIpc) is 2.40. The predicted molar refractivity (Wildman–Crippen MR) is 57.8 cm³/mol. The van der Waals surface area contributed by atoms with Crippen molar-refractivity contribution in [2.24, 2.45) is 0 Å². The Morgan fingerprint density at radius 3 is 2.64 bits per heavy atom. The maximum absolute atomic E-state index is 5.81. The molecule has 0 radical (unpaired) electrons. The summed E-state index contributed by atoms with van der Waals surface area (Å²) in [7, 11) is 1.99. The normalized spacial score (nSPS) is 24.6. The number of hydrogen-bond acceptors (Lipinski definition) is 2. The second kappa shape index (κ2) is 3.28. The minimum Gasteiger partial charge on any atom is -0.488 e. The zero-order valence-electron chi connectivity index (χ0n) is 9.22. The van der Waals surface area contributed by atoms with Gasteiger partial charge in [-0.05, 0) is 45.0 Å². The van der Waals surface area contributed by atoms with Crippen LogP contribution >= 0.6 is 0 Å². The number of hydrogen-bond donors (Lipinski definition) is 1. The van der Waals surface area contributed by atoms with Gasteiger partial charge < -0.3 is 10.1 Å². The summed E-state index contributed by atoms with van der Waals surface area (Å²) in [6, 6.07) is 4.67. The SMILES string of the molecule is CNC1c2c(C)cc(C)cc2OC1C. The Morgan fingerprint density at radius 2 is 2.00 bits per heavy atom. The van der Waals surface area contributed by atoms with Crippen molar-refractivity contribution in [1.82, 2.24) is 5.32 Å². The van der Waals surface area contributed by atoms with Crippen molar-refractivity contribution in [2.45, 2.75) is 32.9 Å². The summed E-state index contributed by atoms with van der Waals surface area (Å²) in [5, 5.41) is 3.31. The van der Waals surface area contributed by atoms with Gasteiger partial charge in [-0.25, -0.2) is 0 Å². The maximum atomic E-state index is 5.81. The first-order valence-corrected chi connectivity index (χ1v) is 5.08. The highest BCUT2D eigenvalue weighted by Crippen LogP contribution is 2.39. The van der Waals surface area contributed by atoms with Crippen LogP contribution < -0.4 is 10.1 Å². The lowest BCUT2D eigenvalue weighted by molar-refractivity contribution is 0.214.